The van der Waals surface area contributed by atoms with E-state index in [2.05, 4.69) is 11.8 Å². The molecule has 0 saturated carbocycles. The number of nitro groups is 1. The zero-order valence-electron chi connectivity index (χ0n) is 16.7. The van der Waals surface area contributed by atoms with Gasteiger partial charge >= 0.3 is 0 Å². The summed E-state index contributed by atoms with van der Waals surface area (Å²) in [6.07, 6.45) is 0. The predicted molar refractivity (Wildman–Crippen MR) is 106 cm³/mol. The molecule has 2 fully saturated rings. The van der Waals surface area contributed by atoms with Crippen LogP contribution in [0.2, 0.25) is 0 Å². The smallest absolute Gasteiger partial charge is 0.295 e. The lowest BCUT2D eigenvalue weighted by Gasteiger charge is -2.41. The Morgan fingerprint density at radius 1 is 1.14 bits per heavy atom. The van der Waals surface area contributed by atoms with Gasteiger partial charge in [-0.05, 0) is 19.5 Å². The van der Waals surface area contributed by atoms with E-state index in [1.54, 1.807) is 11.0 Å². The Morgan fingerprint density at radius 2 is 1.79 bits per heavy atom. The molecule has 154 valence electrons. The molecule has 0 N–H and O–H groups in total. The fourth-order valence-corrected chi connectivity index (χ4v) is 4.13. The molecule has 8 nitrogen and oxygen atoms in total. The Bertz CT molecular complexity index is 751. The molecule has 0 unspecified atom stereocenters. The summed E-state index contributed by atoms with van der Waals surface area (Å²) in [6.45, 7) is 11.0. The second-order valence-corrected chi connectivity index (χ2v) is 7.48. The first-order valence-electron chi connectivity index (χ1n) is 9.79. The third kappa shape index (κ3) is 4.04. The Hall–Kier alpha value is -2.42. The molecule has 1 aromatic carbocycles. The maximum Gasteiger partial charge on any atom is 0.295 e. The maximum absolute atomic E-state index is 14.7. The van der Waals surface area contributed by atoms with E-state index in [1.807, 2.05) is 16.7 Å². The lowest BCUT2D eigenvalue weighted by Crippen LogP contribution is -2.53. The molecule has 3 rings (SSSR count). The average Bonchev–Trinajstić information content (AvgIpc) is 2.67. The predicted octanol–water partition coefficient (Wildman–Crippen LogP) is 1.93. The van der Waals surface area contributed by atoms with Crippen molar-refractivity contribution in [2.75, 3.05) is 62.2 Å². The monoisotopic (exact) mass is 393 g/mol. The Morgan fingerprint density at radius 3 is 2.32 bits per heavy atom. The van der Waals surface area contributed by atoms with Crippen molar-refractivity contribution in [1.29, 1.82) is 0 Å². The zero-order valence-corrected chi connectivity index (χ0v) is 16.7. The molecule has 2 heterocycles. The van der Waals surface area contributed by atoms with Crippen molar-refractivity contribution in [2.45, 2.75) is 26.8 Å². The highest BCUT2D eigenvalue weighted by atomic mass is 19.1. The number of rotatable bonds is 4. The van der Waals surface area contributed by atoms with E-state index in [-0.39, 0.29) is 17.6 Å². The number of nitro benzene ring substituents is 1. The number of likely N-dealkylation sites (N-methyl/N-ethyl adjacent to an activating group) is 1. The highest BCUT2D eigenvalue weighted by molar-refractivity contribution is 5.75. The number of halogens is 1. The molecule has 2 aliphatic heterocycles. The molecule has 1 atom stereocenters. The van der Waals surface area contributed by atoms with E-state index >= 15 is 0 Å². The summed E-state index contributed by atoms with van der Waals surface area (Å²) in [5.74, 6) is -0.564. The number of piperazine rings is 2. The van der Waals surface area contributed by atoms with Gasteiger partial charge in [0.15, 0.2) is 5.82 Å². The van der Waals surface area contributed by atoms with Crippen LogP contribution >= 0.6 is 0 Å². The number of carbonyl (C=O) groups is 1. The van der Waals surface area contributed by atoms with Crippen LogP contribution < -0.4 is 9.80 Å². The topological polar surface area (TPSA) is 73.2 Å². The van der Waals surface area contributed by atoms with Gasteiger partial charge in [0.05, 0.1) is 16.7 Å². The molecule has 1 amide bonds. The maximum atomic E-state index is 14.7. The van der Waals surface area contributed by atoms with Crippen molar-refractivity contribution >= 4 is 23.0 Å². The van der Waals surface area contributed by atoms with Gasteiger partial charge in [0.1, 0.15) is 5.69 Å². The molecule has 9 heteroatoms. The van der Waals surface area contributed by atoms with Gasteiger partial charge in [-0.25, -0.2) is 4.39 Å². The first-order chi connectivity index (χ1) is 13.3. The summed E-state index contributed by atoms with van der Waals surface area (Å²) in [6, 6.07) is 2.59. The van der Waals surface area contributed by atoms with Crippen LogP contribution in [0.25, 0.3) is 0 Å². The molecular formula is C19H28FN5O3. The molecule has 0 bridgehead atoms. The average molecular weight is 393 g/mol. The van der Waals surface area contributed by atoms with Crippen molar-refractivity contribution in [2.24, 2.45) is 0 Å². The normalized spacial score (nSPS) is 21.1. The second-order valence-electron chi connectivity index (χ2n) is 7.48. The Balaban J connectivity index is 1.89. The molecule has 0 radical (unpaired) electrons. The molecule has 0 aliphatic carbocycles. The number of hydrogen-bond acceptors (Lipinski definition) is 6. The molecule has 0 aromatic heterocycles. The molecule has 0 spiro atoms. The van der Waals surface area contributed by atoms with Crippen LogP contribution in [0.1, 0.15) is 20.8 Å². The highest BCUT2D eigenvalue weighted by Gasteiger charge is 2.31. The zero-order chi connectivity index (χ0) is 20.4. The van der Waals surface area contributed by atoms with E-state index in [9.17, 15) is 19.3 Å². The summed E-state index contributed by atoms with van der Waals surface area (Å²) >= 11 is 0. The van der Waals surface area contributed by atoms with E-state index in [1.165, 1.54) is 6.92 Å². The first kappa shape index (κ1) is 20.3. The van der Waals surface area contributed by atoms with Gasteiger partial charge in [-0.1, -0.05) is 6.92 Å². The van der Waals surface area contributed by atoms with Gasteiger partial charge in [0.2, 0.25) is 5.91 Å². The largest absolute Gasteiger partial charge is 0.367 e. The Kier molecular flexibility index (Phi) is 6.02. The van der Waals surface area contributed by atoms with E-state index in [0.717, 1.165) is 25.7 Å². The van der Waals surface area contributed by atoms with Crippen LogP contribution in [0.3, 0.4) is 0 Å². The Labute approximate surface area is 164 Å². The molecule has 2 aliphatic rings. The van der Waals surface area contributed by atoms with Gasteiger partial charge in [0, 0.05) is 58.8 Å². The van der Waals surface area contributed by atoms with Crippen molar-refractivity contribution in [3.8, 4) is 0 Å². The van der Waals surface area contributed by atoms with Crippen molar-refractivity contribution in [3.05, 3.63) is 28.1 Å². The van der Waals surface area contributed by atoms with Crippen molar-refractivity contribution < 1.29 is 14.1 Å². The number of benzene rings is 1. The third-order valence-corrected chi connectivity index (χ3v) is 5.77. The quantitative estimate of drug-likeness (QED) is 0.575. The van der Waals surface area contributed by atoms with E-state index in [0.29, 0.717) is 44.1 Å². The summed E-state index contributed by atoms with van der Waals surface area (Å²) < 4.78 is 14.7. The van der Waals surface area contributed by atoms with Gasteiger partial charge in [-0.15, -0.1) is 0 Å². The third-order valence-electron chi connectivity index (χ3n) is 5.77. The van der Waals surface area contributed by atoms with Crippen LogP contribution in [0, 0.1) is 15.9 Å². The highest BCUT2D eigenvalue weighted by Crippen LogP contribution is 2.36. The van der Waals surface area contributed by atoms with Crippen molar-refractivity contribution in [3.63, 3.8) is 0 Å². The standard InChI is InChI=1S/C19H28FN5O3/c1-4-21-5-7-22(8-6-21)17-12-18(19(25(27)28)11-16(17)20)23-9-10-24(15(3)26)14(2)13-23/h11-12,14H,4-10,13H2,1-3H3/t14-/m1/s1. The van der Waals surface area contributed by atoms with E-state index in [4.69, 9.17) is 0 Å². The van der Waals surface area contributed by atoms with Gasteiger partial charge < -0.3 is 19.6 Å². The lowest BCUT2D eigenvalue weighted by molar-refractivity contribution is -0.384. The lowest BCUT2D eigenvalue weighted by atomic mass is 10.1. The fourth-order valence-electron chi connectivity index (χ4n) is 4.13. The molecule has 1 aromatic rings. The van der Waals surface area contributed by atoms with Crippen LogP contribution in [0.4, 0.5) is 21.5 Å². The minimum absolute atomic E-state index is 0.00441. The summed E-state index contributed by atoms with van der Waals surface area (Å²) in [5, 5.41) is 11.6. The van der Waals surface area contributed by atoms with E-state index < -0.39 is 10.7 Å². The van der Waals surface area contributed by atoms with Crippen LogP contribution in [-0.4, -0.2) is 79.0 Å². The number of amides is 1. The SMILES string of the molecule is CCN1CCN(c2cc(N3CCN(C(C)=O)[C@H](C)C3)c([N+](=O)[O-])cc2F)CC1. The van der Waals surface area contributed by atoms with Gasteiger partial charge in [-0.2, -0.15) is 0 Å². The van der Waals surface area contributed by atoms with Gasteiger partial charge in [-0.3, -0.25) is 14.9 Å². The number of anilines is 2. The molecule has 28 heavy (non-hydrogen) atoms. The summed E-state index contributed by atoms with van der Waals surface area (Å²) in [7, 11) is 0. The van der Waals surface area contributed by atoms with Crippen molar-refractivity contribution in [1.82, 2.24) is 9.80 Å². The van der Waals surface area contributed by atoms with Crippen LogP contribution in [0.15, 0.2) is 12.1 Å². The first-order valence-corrected chi connectivity index (χ1v) is 9.79. The second kappa shape index (κ2) is 8.30. The minimum atomic E-state index is -0.559. The number of hydrogen-bond donors (Lipinski definition) is 0. The van der Waals surface area contributed by atoms with Gasteiger partial charge in [0.25, 0.3) is 5.69 Å². The molecular weight excluding hydrogens is 365 g/mol. The van der Waals surface area contributed by atoms with Crippen LogP contribution in [-0.2, 0) is 4.79 Å². The fraction of sp³-hybridized carbons (Fsp3) is 0.632. The minimum Gasteiger partial charge on any atom is -0.367 e. The summed E-state index contributed by atoms with van der Waals surface area (Å²) in [4.78, 5) is 30.7. The van der Waals surface area contributed by atoms with Crippen LogP contribution in [0.5, 0.6) is 0 Å². The summed E-state index contributed by atoms with van der Waals surface area (Å²) in [5.41, 5.74) is 0.615. The number of nitrogens with zero attached hydrogens (tertiary/aromatic N) is 5. The molecule has 2 saturated heterocycles. The number of carbonyl (C=O) groups excluding carboxylic acids is 1.